The minimum Gasteiger partial charge on any atom is -0.494 e. The summed E-state index contributed by atoms with van der Waals surface area (Å²) in [6.45, 7) is 3.24. The number of rotatable bonds is 6. The molecule has 32 heavy (non-hydrogen) atoms. The van der Waals surface area contributed by atoms with E-state index >= 15 is 0 Å². The molecular formula is C27H26N2O3. The molecule has 2 heterocycles. The lowest BCUT2D eigenvalue weighted by atomic mass is 9.92. The second-order valence-electron chi connectivity index (χ2n) is 7.91. The molecule has 5 rings (SSSR count). The number of benzene rings is 3. The first kappa shape index (κ1) is 20.2. The molecule has 0 bridgehead atoms. The highest BCUT2D eigenvalue weighted by molar-refractivity contribution is 5.87. The van der Waals surface area contributed by atoms with Crippen LogP contribution in [0.4, 0.5) is 0 Å². The maximum Gasteiger partial charge on any atom is 0.261 e. The number of fused-ring (bicyclic) bond motifs is 3. The first-order valence-corrected chi connectivity index (χ1v) is 11.0. The molecule has 1 aliphatic heterocycles. The van der Waals surface area contributed by atoms with Gasteiger partial charge in [-0.3, -0.25) is 4.79 Å². The van der Waals surface area contributed by atoms with Crippen LogP contribution < -0.4 is 9.47 Å². The summed E-state index contributed by atoms with van der Waals surface area (Å²) in [7, 11) is 0. The number of nitrogens with zero attached hydrogens (tertiary/aromatic N) is 1. The Hall–Kier alpha value is -3.73. The number of amides is 1. The molecule has 0 fully saturated rings. The normalized spacial score (nSPS) is 15.4. The summed E-state index contributed by atoms with van der Waals surface area (Å²) in [5, 5.41) is 1.23. The topological polar surface area (TPSA) is 54.6 Å². The standard InChI is InChI=1S/C27H26N2O3/c1-2-31-21-14-12-19(13-15-21)27-26-23(22-10-6-7-11-24(22)28-26)16-17-29(27)25(30)18-32-20-8-4-3-5-9-20/h3-15,27-28H,2,16-18H2,1H3. The van der Waals surface area contributed by atoms with E-state index in [9.17, 15) is 4.79 Å². The summed E-state index contributed by atoms with van der Waals surface area (Å²) in [4.78, 5) is 18.8. The van der Waals surface area contributed by atoms with Crippen molar-refractivity contribution in [3.8, 4) is 11.5 Å². The number of nitrogens with one attached hydrogen (secondary N) is 1. The SMILES string of the molecule is CCOc1ccc(C2c3[nH]c4ccccc4c3CCN2C(=O)COc2ccccc2)cc1. The van der Waals surface area contributed by atoms with Crippen molar-refractivity contribution in [2.75, 3.05) is 19.8 Å². The summed E-state index contributed by atoms with van der Waals surface area (Å²) in [5.41, 5.74) is 4.51. The molecule has 1 amide bonds. The van der Waals surface area contributed by atoms with E-state index in [1.54, 1.807) is 0 Å². The van der Waals surface area contributed by atoms with Gasteiger partial charge in [0.1, 0.15) is 11.5 Å². The molecule has 162 valence electrons. The van der Waals surface area contributed by atoms with E-state index in [0.717, 1.165) is 28.9 Å². The van der Waals surface area contributed by atoms with Gasteiger partial charge < -0.3 is 19.4 Å². The van der Waals surface area contributed by atoms with Crippen LogP contribution in [0.25, 0.3) is 10.9 Å². The molecule has 0 saturated heterocycles. The Balaban J connectivity index is 1.49. The molecule has 3 aromatic carbocycles. The number of ether oxygens (including phenoxy) is 2. The Kier molecular flexibility index (Phi) is 5.55. The van der Waals surface area contributed by atoms with Gasteiger partial charge in [-0.05, 0) is 54.8 Å². The zero-order valence-corrected chi connectivity index (χ0v) is 18.1. The molecule has 1 N–H and O–H groups in total. The van der Waals surface area contributed by atoms with Crippen LogP contribution in [0.1, 0.15) is 29.8 Å². The van der Waals surface area contributed by atoms with Crippen molar-refractivity contribution >= 4 is 16.8 Å². The lowest BCUT2D eigenvalue weighted by Crippen LogP contribution is -2.42. The van der Waals surface area contributed by atoms with Crippen LogP contribution in [0.15, 0.2) is 78.9 Å². The number of H-pyrrole nitrogens is 1. The summed E-state index contributed by atoms with van der Waals surface area (Å²) in [5.74, 6) is 1.49. The molecular weight excluding hydrogens is 400 g/mol. The highest BCUT2D eigenvalue weighted by atomic mass is 16.5. The average molecular weight is 427 g/mol. The van der Waals surface area contributed by atoms with E-state index in [2.05, 4.69) is 35.3 Å². The van der Waals surface area contributed by atoms with Crippen LogP contribution in [0.3, 0.4) is 0 Å². The van der Waals surface area contributed by atoms with E-state index in [4.69, 9.17) is 9.47 Å². The summed E-state index contributed by atoms with van der Waals surface area (Å²) in [6.07, 6.45) is 0.809. The largest absolute Gasteiger partial charge is 0.494 e. The van der Waals surface area contributed by atoms with Gasteiger partial charge in [0, 0.05) is 23.1 Å². The summed E-state index contributed by atoms with van der Waals surface area (Å²) >= 11 is 0. The van der Waals surface area contributed by atoms with Gasteiger partial charge in [-0.1, -0.05) is 48.5 Å². The maximum atomic E-state index is 13.3. The number of para-hydroxylation sites is 2. The molecule has 1 unspecified atom stereocenters. The highest BCUT2D eigenvalue weighted by Gasteiger charge is 2.34. The van der Waals surface area contributed by atoms with Crippen LogP contribution in [-0.2, 0) is 11.2 Å². The lowest BCUT2D eigenvalue weighted by molar-refractivity contribution is -0.135. The van der Waals surface area contributed by atoms with Gasteiger partial charge >= 0.3 is 0 Å². The fourth-order valence-electron chi connectivity index (χ4n) is 4.51. The zero-order valence-electron chi connectivity index (χ0n) is 18.1. The number of carbonyl (C=O) groups excluding carboxylic acids is 1. The quantitative estimate of drug-likeness (QED) is 0.466. The van der Waals surface area contributed by atoms with Crippen molar-refractivity contribution in [2.45, 2.75) is 19.4 Å². The first-order valence-electron chi connectivity index (χ1n) is 11.0. The second-order valence-corrected chi connectivity index (χ2v) is 7.91. The fourth-order valence-corrected chi connectivity index (χ4v) is 4.51. The summed E-state index contributed by atoms with van der Waals surface area (Å²) < 4.78 is 11.4. The van der Waals surface area contributed by atoms with Gasteiger partial charge in [-0.15, -0.1) is 0 Å². The number of hydrogen-bond donors (Lipinski definition) is 1. The Labute approximate surface area is 187 Å². The number of carbonyl (C=O) groups is 1. The maximum absolute atomic E-state index is 13.3. The molecule has 5 nitrogen and oxygen atoms in total. The van der Waals surface area contributed by atoms with Crippen molar-refractivity contribution in [2.24, 2.45) is 0 Å². The smallest absolute Gasteiger partial charge is 0.261 e. The predicted molar refractivity (Wildman–Crippen MR) is 125 cm³/mol. The number of hydrogen-bond acceptors (Lipinski definition) is 3. The van der Waals surface area contributed by atoms with Crippen molar-refractivity contribution in [3.63, 3.8) is 0 Å². The van der Waals surface area contributed by atoms with E-state index in [1.165, 1.54) is 10.9 Å². The van der Waals surface area contributed by atoms with Crippen LogP contribution in [0.2, 0.25) is 0 Å². The van der Waals surface area contributed by atoms with E-state index in [1.807, 2.05) is 60.4 Å². The summed E-state index contributed by atoms with van der Waals surface area (Å²) in [6, 6.07) is 25.6. The molecule has 0 radical (unpaired) electrons. The molecule has 0 saturated carbocycles. The third-order valence-corrected chi connectivity index (χ3v) is 5.97. The van der Waals surface area contributed by atoms with Crippen LogP contribution >= 0.6 is 0 Å². The predicted octanol–water partition coefficient (Wildman–Crippen LogP) is 5.12. The number of aromatic nitrogens is 1. The molecule has 1 atom stereocenters. The van der Waals surface area contributed by atoms with Crippen molar-refractivity contribution in [3.05, 3.63) is 95.7 Å². The average Bonchev–Trinajstić information content (AvgIpc) is 3.22. The molecule has 0 aliphatic carbocycles. The van der Waals surface area contributed by atoms with Gasteiger partial charge in [-0.2, -0.15) is 0 Å². The molecule has 1 aromatic heterocycles. The number of aromatic amines is 1. The van der Waals surface area contributed by atoms with Gasteiger partial charge in [-0.25, -0.2) is 0 Å². The highest BCUT2D eigenvalue weighted by Crippen LogP contribution is 2.38. The fraction of sp³-hybridized carbons (Fsp3) is 0.222. The van der Waals surface area contributed by atoms with Crippen molar-refractivity contribution < 1.29 is 14.3 Å². The second kappa shape index (κ2) is 8.79. The third kappa shape index (κ3) is 3.82. The molecule has 0 spiro atoms. The van der Waals surface area contributed by atoms with Gasteiger partial charge in [0.15, 0.2) is 6.61 Å². The minimum atomic E-state index is -0.200. The van der Waals surface area contributed by atoms with Crippen molar-refractivity contribution in [1.82, 2.24) is 9.88 Å². The Morgan fingerprint density at radius 3 is 2.44 bits per heavy atom. The molecule has 1 aliphatic rings. The van der Waals surface area contributed by atoms with Crippen molar-refractivity contribution in [1.29, 1.82) is 0 Å². The molecule has 5 heteroatoms. The van der Waals surface area contributed by atoms with Crippen LogP contribution in [0.5, 0.6) is 11.5 Å². The Morgan fingerprint density at radius 1 is 0.938 bits per heavy atom. The Morgan fingerprint density at radius 2 is 1.66 bits per heavy atom. The van der Waals surface area contributed by atoms with Crippen LogP contribution in [-0.4, -0.2) is 35.5 Å². The zero-order chi connectivity index (χ0) is 21.9. The molecule has 4 aromatic rings. The van der Waals surface area contributed by atoms with E-state index < -0.39 is 0 Å². The minimum absolute atomic E-state index is 0.00705. The monoisotopic (exact) mass is 426 g/mol. The lowest BCUT2D eigenvalue weighted by Gasteiger charge is -2.36. The van der Waals surface area contributed by atoms with E-state index in [-0.39, 0.29) is 18.6 Å². The van der Waals surface area contributed by atoms with Crippen LogP contribution in [0, 0.1) is 0 Å². The Bertz CT molecular complexity index is 1210. The van der Waals surface area contributed by atoms with Gasteiger partial charge in [0.2, 0.25) is 0 Å². The first-order chi connectivity index (χ1) is 15.7. The van der Waals surface area contributed by atoms with Gasteiger partial charge in [0.05, 0.1) is 12.6 Å². The third-order valence-electron chi connectivity index (χ3n) is 5.97. The van der Waals surface area contributed by atoms with E-state index in [0.29, 0.717) is 18.9 Å². The van der Waals surface area contributed by atoms with Gasteiger partial charge in [0.25, 0.3) is 5.91 Å².